The minimum Gasteiger partial charge on any atom is -0.379 e. The van der Waals surface area contributed by atoms with Gasteiger partial charge in [-0.2, -0.15) is 0 Å². The van der Waals surface area contributed by atoms with E-state index in [1.165, 1.54) is 19.3 Å². The van der Waals surface area contributed by atoms with Crippen LogP contribution >= 0.6 is 0 Å². The Hall–Kier alpha value is -0.120. The largest absolute Gasteiger partial charge is 0.379 e. The third-order valence-electron chi connectivity index (χ3n) is 2.70. The molecule has 0 spiro atoms. The second-order valence-corrected chi connectivity index (χ2v) is 4.34. The first-order valence-corrected chi connectivity index (χ1v) is 6.27. The zero-order valence-corrected chi connectivity index (χ0v) is 10.1. The molecule has 15 heavy (non-hydrogen) atoms. The predicted molar refractivity (Wildman–Crippen MR) is 62.2 cm³/mol. The molecule has 2 unspecified atom stereocenters. The lowest BCUT2D eigenvalue weighted by Crippen LogP contribution is -2.31. The molecule has 0 saturated carbocycles. The zero-order valence-electron chi connectivity index (χ0n) is 10.1. The Kier molecular flexibility index (Phi) is 6.98. The van der Waals surface area contributed by atoms with Crippen LogP contribution in [0.1, 0.15) is 39.5 Å². The highest BCUT2D eigenvalue weighted by molar-refractivity contribution is 4.66. The molecule has 0 aliphatic carbocycles. The normalized spacial score (nSPS) is 23.2. The van der Waals surface area contributed by atoms with Crippen LogP contribution in [0.3, 0.4) is 0 Å². The van der Waals surface area contributed by atoms with Gasteiger partial charge in [0.25, 0.3) is 0 Å². The van der Waals surface area contributed by atoms with Gasteiger partial charge in [-0.25, -0.2) is 0 Å². The van der Waals surface area contributed by atoms with Gasteiger partial charge in [0.05, 0.1) is 18.8 Å². The Bertz CT molecular complexity index is 147. The lowest BCUT2D eigenvalue weighted by atomic mass is 10.2. The van der Waals surface area contributed by atoms with E-state index in [4.69, 9.17) is 9.47 Å². The van der Waals surface area contributed by atoms with E-state index in [0.717, 1.165) is 32.7 Å². The number of rotatable bonds is 8. The molecule has 1 N–H and O–H groups in total. The molecular formula is C12H25NO2. The standard InChI is InChI=1S/C12H25NO2/c1-3-4-5-7-13-9-11(2)15-12-6-8-14-10-12/h11-13H,3-10H2,1-2H3. The van der Waals surface area contributed by atoms with Crippen molar-refractivity contribution < 1.29 is 9.47 Å². The number of unbranched alkanes of at least 4 members (excludes halogenated alkanes) is 2. The van der Waals surface area contributed by atoms with Crippen LogP contribution in [0.5, 0.6) is 0 Å². The van der Waals surface area contributed by atoms with Crippen LogP contribution in [0.25, 0.3) is 0 Å². The summed E-state index contributed by atoms with van der Waals surface area (Å²) in [6.07, 6.45) is 5.57. The van der Waals surface area contributed by atoms with Crippen LogP contribution in [0.4, 0.5) is 0 Å². The van der Waals surface area contributed by atoms with Crippen LogP contribution in [0.2, 0.25) is 0 Å². The summed E-state index contributed by atoms with van der Waals surface area (Å²) in [7, 11) is 0. The maximum absolute atomic E-state index is 5.83. The van der Waals surface area contributed by atoms with Gasteiger partial charge in [0, 0.05) is 13.2 Å². The third kappa shape index (κ3) is 6.13. The highest BCUT2D eigenvalue weighted by Gasteiger charge is 2.18. The third-order valence-corrected chi connectivity index (χ3v) is 2.70. The highest BCUT2D eigenvalue weighted by atomic mass is 16.5. The van der Waals surface area contributed by atoms with Gasteiger partial charge in [0.1, 0.15) is 0 Å². The lowest BCUT2D eigenvalue weighted by molar-refractivity contribution is -0.00547. The minimum absolute atomic E-state index is 0.304. The summed E-state index contributed by atoms with van der Waals surface area (Å²) in [5.74, 6) is 0. The van der Waals surface area contributed by atoms with Gasteiger partial charge >= 0.3 is 0 Å². The molecule has 90 valence electrons. The van der Waals surface area contributed by atoms with Crippen LogP contribution in [-0.4, -0.2) is 38.5 Å². The van der Waals surface area contributed by atoms with Crippen molar-refractivity contribution in [1.29, 1.82) is 0 Å². The lowest BCUT2D eigenvalue weighted by Gasteiger charge is -2.17. The Morgan fingerprint density at radius 2 is 2.33 bits per heavy atom. The molecule has 1 saturated heterocycles. The van der Waals surface area contributed by atoms with Crippen LogP contribution in [0, 0.1) is 0 Å². The topological polar surface area (TPSA) is 30.5 Å². The van der Waals surface area contributed by atoms with E-state index in [-0.39, 0.29) is 0 Å². The van der Waals surface area contributed by atoms with Gasteiger partial charge in [-0.1, -0.05) is 19.8 Å². The Labute approximate surface area is 93.5 Å². The van der Waals surface area contributed by atoms with E-state index in [0.29, 0.717) is 12.2 Å². The summed E-state index contributed by atoms with van der Waals surface area (Å²) in [5, 5.41) is 3.43. The Morgan fingerprint density at radius 1 is 1.47 bits per heavy atom. The fourth-order valence-corrected chi connectivity index (χ4v) is 1.80. The molecule has 0 bridgehead atoms. The van der Waals surface area contributed by atoms with Crippen molar-refractivity contribution in [3.05, 3.63) is 0 Å². The fraction of sp³-hybridized carbons (Fsp3) is 1.00. The summed E-state index contributed by atoms with van der Waals surface area (Å²) >= 11 is 0. The van der Waals surface area contributed by atoms with Crippen LogP contribution in [-0.2, 0) is 9.47 Å². The van der Waals surface area contributed by atoms with Gasteiger partial charge in [-0.05, 0) is 26.3 Å². The maximum Gasteiger partial charge on any atom is 0.0834 e. The molecule has 0 aromatic rings. The van der Waals surface area contributed by atoms with Gasteiger partial charge in [0.15, 0.2) is 0 Å². The van der Waals surface area contributed by atoms with Gasteiger partial charge in [-0.15, -0.1) is 0 Å². The van der Waals surface area contributed by atoms with Crippen LogP contribution in [0.15, 0.2) is 0 Å². The van der Waals surface area contributed by atoms with Gasteiger partial charge in [-0.3, -0.25) is 0 Å². The molecule has 1 heterocycles. The van der Waals surface area contributed by atoms with Crippen molar-refractivity contribution in [3.63, 3.8) is 0 Å². The first-order chi connectivity index (χ1) is 7.33. The summed E-state index contributed by atoms with van der Waals surface area (Å²) < 4.78 is 11.1. The molecule has 1 fully saturated rings. The molecule has 0 aromatic carbocycles. The summed E-state index contributed by atoms with van der Waals surface area (Å²) in [4.78, 5) is 0. The van der Waals surface area contributed by atoms with E-state index in [1.807, 2.05) is 0 Å². The fourth-order valence-electron chi connectivity index (χ4n) is 1.80. The van der Waals surface area contributed by atoms with E-state index >= 15 is 0 Å². The molecule has 3 heteroatoms. The average Bonchev–Trinajstić information content (AvgIpc) is 2.70. The van der Waals surface area contributed by atoms with Crippen molar-refractivity contribution in [3.8, 4) is 0 Å². The van der Waals surface area contributed by atoms with Crippen molar-refractivity contribution in [2.24, 2.45) is 0 Å². The second kappa shape index (κ2) is 8.08. The van der Waals surface area contributed by atoms with Gasteiger partial charge < -0.3 is 14.8 Å². The summed E-state index contributed by atoms with van der Waals surface area (Å²) in [6.45, 7) is 8.07. The van der Waals surface area contributed by atoms with E-state index in [1.54, 1.807) is 0 Å². The molecule has 2 atom stereocenters. The first kappa shape index (κ1) is 12.9. The Balaban J connectivity index is 1.91. The SMILES string of the molecule is CCCCCNCC(C)OC1CCOC1. The number of nitrogens with one attached hydrogen (secondary N) is 1. The molecule has 3 nitrogen and oxygen atoms in total. The average molecular weight is 215 g/mol. The van der Waals surface area contributed by atoms with E-state index in [9.17, 15) is 0 Å². The second-order valence-electron chi connectivity index (χ2n) is 4.34. The monoisotopic (exact) mass is 215 g/mol. The smallest absolute Gasteiger partial charge is 0.0834 e. The molecule has 1 aliphatic heterocycles. The van der Waals surface area contributed by atoms with Crippen molar-refractivity contribution in [2.75, 3.05) is 26.3 Å². The van der Waals surface area contributed by atoms with Gasteiger partial charge in [0.2, 0.25) is 0 Å². The molecule has 1 rings (SSSR count). The molecule has 0 amide bonds. The van der Waals surface area contributed by atoms with E-state index < -0.39 is 0 Å². The van der Waals surface area contributed by atoms with E-state index in [2.05, 4.69) is 19.2 Å². The molecule has 0 radical (unpaired) electrons. The summed E-state index contributed by atoms with van der Waals surface area (Å²) in [5.41, 5.74) is 0. The number of hydrogen-bond acceptors (Lipinski definition) is 3. The number of hydrogen-bond donors (Lipinski definition) is 1. The molecule has 0 aromatic heterocycles. The minimum atomic E-state index is 0.304. The Morgan fingerprint density at radius 3 is 3.00 bits per heavy atom. The predicted octanol–water partition coefficient (Wildman–Crippen LogP) is 1.96. The first-order valence-electron chi connectivity index (χ1n) is 6.27. The zero-order chi connectivity index (χ0) is 10.9. The van der Waals surface area contributed by atoms with Crippen molar-refractivity contribution >= 4 is 0 Å². The van der Waals surface area contributed by atoms with Crippen LogP contribution < -0.4 is 5.32 Å². The van der Waals surface area contributed by atoms with Crippen molar-refractivity contribution in [2.45, 2.75) is 51.7 Å². The quantitative estimate of drug-likeness (QED) is 0.628. The summed E-state index contributed by atoms with van der Waals surface area (Å²) in [6, 6.07) is 0. The molecule has 1 aliphatic rings. The highest BCUT2D eigenvalue weighted by Crippen LogP contribution is 2.10. The molecular weight excluding hydrogens is 190 g/mol. The maximum atomic E-state index is 5.83. The number of ether oxygens (including phenoxy) is 2. The van der Waals surface area contributed by atoms with Crippen molar-refractivity contribution in [1.82, 2.24) is 5.32 Å².